The molecule has 1 aromatic heterocycles. The lowest BCUT2D eigenvalue weighted by atomic mass is 9.72. The number of para-hydroxylation sites is 1. The monoisotopic (exact) mass is 495 g/mol. The van der Waals surface area contributed by atoms with E-state index in [9.17, 15) is 26.4 Å². The maximum absolute atomic E-state index is 13.5. The Kier molecular flexibility index (Phi) is 3.38. The van der Waals surface area contributed by atoms with E-state index in [4.69, 9.17) is 8.37 Å². The summed E-state index contributed by atoms with van der Waals surface area (Å²) in [6, 6.07) is 7.71. The number of aromatic nitrogens is 3. The van der Waals surface area contributed by atoms with Crippen molar-refractivity contribution in [3.8, 4) is 5.69 Å². The zero-order valence-electron chi connectivity index (χ0n) is 17.7. The zero-order chi connectivity index (χ0) is 23.3. The van der Waals surface area contributed by atoms with Crippen LogP contribution in [0.3, 0.4) is 0 Å². The number of nitrogens with zero attached hydrogens (tertiary/aromatic N) is 3. The van der Waals surface area contributed by atoms with E-state index >= 15 is 0 Å². The van der Waals surface area contributed by atoms with Gasteiger partial charge in [-0.25, -0.2) is 23.5 Å². The van der Waals surface area contributed by atoms with E-state index in [0.29, 0.717) is 5.69 Å². The summed E-state index contributed by atoms with van der Waals surface area (Å²) < 4.78 is 62.1. The third kappa shape index (κ3) is 2.09. The summed E-state index contributed by atoms with van der Waals surface area (Å²) in [7, 11) is -7.54. The first-order chi connectivity index (χ1) is 15.5. The molecule has 13 heteroatoms. The maximum atomic E-state index is 13.5. The molecule has 4 saturated carbocycles. The van der Waals surface area contributed by atoms with Gasteiger partial charge in [0.1, 0.15) is 0 Å². The van der Waals surface area contributed by atoms with Gasteiger partial charge in [-0.3, -0.25) is 8.37 Å². The summed E-state index contributed by atoms with van der Waals surface area (Å²) in [6.45, 7) is -0.330. The summed E-state index contributed by atoms with van der Waals surface area (Å²) in [5.41, 5.74) is -2.05. The third-order valence-corrected chi connectivity index (χ3v) is 9.92. The van der Waals surface area contributed by atoms with Crippen molar-refractivity contribution in [2.24, 2.45) is 34.5 Å². The van der Waals surface area contributed by atoms with E-state index in [2.05, 4.69) is 0 Å². The van der Waals surface area contributed by atoms with Gasteiger partial charge in [-0.15, -0.1) is 0 Å². The Hall–Kier alpha value is -2.22. The Morgan fingerprint density at radius 1 is 0.788 bits per heavy atom. The molecule has 11 nitrogen and oxygen atoms in total. The number of benzene rings is 1. The average molecular weight is 496 g/mol. The molecule has 3 heterocycles. The van der Waals surface area contributed by atoms with Crippen molar-refractivity contribution in [3.05, 3.63) is 51.3 Å². The highest BCUT2D eigenvalue weighted by Crippen LogP contribution is 3.02. The third-order valence-electron chi connectivity index (χ3n) is 8.83. The smallest absolute Gasteiger partial charge is 0.270 e. The molecule has 0 amide bonds. The van der Waals surface area contributed by atoms with Gasteiger partial charge in [0, 0.05) is 10.8 Å². The van der Waals surface area contributed by atoms with Crippen LogP contribution in [0.15, 0.2) is 39.9 Å². The van der Waals surface area contributed by atoms with E-state index < -0.39 is 54.5 Å². The minimum atomic E-state index is -3.77. The predicted octanol–water partition coefficient (Wildman–Crippen LogP) is -0.659. The highest BCUT2D eigenvalue weighted by molar-refractivity contribution is 7.86. The quantitative estimate of drug-likeness (QED) is 0.462. The average Bonchev–Trinajstić information content (AvgIpc) is 3.48. The molecule has 0 saturated heterocycles. The fourth-order valence-electron chi connectivity index (χ4n) is 8.21. The van der Waals surface area contributed by atoms with Gasteiger partial charge < -0.3 is 0 Å². The van der Waals surface area contributed by atoms with Crippen LogP contribution < -0.4 is 11.4 Å². The summed E-state index contributed by atoms with van der Waals surface area (Å²) in [6.07, 6.45) is 1.93. The molecule has 33 heavy (non-hydrogen) atoms. The summed E-state index contributed by atoms with van der Waals surface area (Å²) in [4.78, 5) is 27.1. The predicted molar refractivity (Wildman–Crippen MR) is 113 cm³/mol. The van der Waals surface area contributed by atoms with Crippen LogP contribution in [0.25, 0.3) is 5.69 Å². The van der Waals surface area contributed by atoms with Gasteiger partial charge in [0.25, 0.3) is 20.2 Å². The lowest BCUT2D eigenvalue weighted by Crippen LogP contribution is -2.55. The molecule has 2 unspecified atom stereocenters. The van der Waals surface area contributed by atoms with Crippen molar-refractivity contribution in [2.75, 3.05) is 25.7 Å². The first-order valence-corrected chi connectivity index (χ1v) is 14.3. The normalized spacial score (nSPS) is 40.7. The molecule has 8 atom stereocenters. The van der Waals surface area contributed by atoms with Gasteiger partial charge in [0.15, 0.2) is 0 Å². The zero-order valence-corrected chi connectivity index (χ0v) is 19.3. The van der Waals surface area contributed by atoms with Crippen LogP contribution in [0.5, 0.6) is 0 Å². The van der Waals surface area contributed by atoms with Crippen molar-refractivity contribution < 1.29 is 25.2 Å². The highest BCUT2D eigenvalue weighted by Gasteiger charge is 3.03. The van der Waals surface area contributed by atoms with Gasteiger partial charge in [-0.2, -0.15) is 16.8 Å². The fourth-order valence-corrected chi connectivity index (χ4v) is 9.03. The van der Waals surface area contributed by atoms with Crippen molar-refractivity contribution >= 4 is 20.2 Å². The van der Waals surface area contributed by atoms with E-state index in [1.54, 1.807) is 30.3 Å². The second-order valence-corrected chi connectivity index (χ2v) is 13.3. The van der Waals surface area contributed by atoms with Crippen LogP contribution in [-0.2, 0) is 28.6 Å². The minimum absolute atomic E-state index is 0.0603. The molecule has 4 fully saturated rings. The van der Waals surface area contributed by atoms with Crippen molar-refractivity contribution in [1.29, 1.82) is 0 Å². The Morgan fingerprint density at radius 3 is 1.67 bits per heavy atom. The van der Waals surface area contributed by atoms with E-state index in [-0.39, 0.29) is 36.9 Å². The van der Waals surface area contributed by atoms with E-state index in [1.165, 1.54) is 9.36 Å². The number of rotatable bonds is 7. The Labute approximate surface area is 188 Å². The molecule has 0 spiro atoms. The van der Waals surface area contributed by atoms with Crippen LogP contribution in [0, 0.1) is 34.5 Å². The SMILES string of the molecule is CS(=O)(=O)OC[C@]12C3C4[C@H]5[C@H]4[C@@H](n4c(=O)n(-c6ccccc6)c(=O)n4[C@@H]51)[C@@]32COS(C)(=O)=O. The lowest BCUT2D eigenvalue weighted by Gasteiger charge is -2.47. The van der Waals surface area contributed by atoms with Crippen molar-refractivity contribution in [3.63, 3.8) is 0 Å². The molecule has 176 valence electrons. The molecule has 0 radical (unpaired) electrons. The second kappa shape index (κ2) is 5.53. The molecule has 4 aliphatic carbocycles. The first kappa shape index (κ1) is 20.2. The Morgan fingerprint density at radius 2 is 1.24 bits per heavy atom. The molecular formula is C20H21N3O8S2. The van der Waals surface area contributed by atoms with Crippen LogP contribution in [0.2, 0.25) is 0 Å². The second-order valence-electron chi connectivity index (χ2n) is 10.0. The van der Waals surface area contributed by atoms with Crippen LogP contribution in [-0.4, -0.2) is 56.5 Å². The van der Waals surface area contributed by atoms with Gasteiger partial charge in [-0.1, -0.05) is 18.2 Å². The molecule has 1 aromatic carbocycles. The highest BCUT2D eigenvalue weighted by atomic mass is 32.2. The van der Waals surface area contributed by atoms with Gasteiger partial charge >= 0.3 is 11.4 Å². The molecule has 0 N–H and O–H groups in total. The standard InChI is InChI=1S/C20H21N3O8S2/c1-32(26,27)30-8-19-14-11-12-13(11)16(20(14,19)9-31-33(2,28)29)23-18(25)21(10-6-4-3-5-7-10)17(24)22(23)15(12)19/h3-7,11-16H,8-9H2,1-2H3/t11?,12-,13-,14?,15-,16+,19-,20+/m0/s1. The Balaban J connectivity index is 1.44. The molecule has 2 aliphatic heterocycles. The number of hydrogen-bond acceptors (Lipinski definition) is 8. The molecular weight excluding hydrogens is 474 g/mol. The molecule has 2 bridgehead atoms. The Bertz CT molecular complexity index is 1480. The first-order valence-electron chi connectivity index (χ1n) is 10.7. The number of hydrogen-bond donors (Lipinski definition) is 0. The van der Waals surface area contributed by atoms with Crippen molar-refractivity contribution in [2.45, 2.75) is 12.1 Å². The summed E-state index contributed by atoms with van der Waals surface area (Å²) >= 11 is 0. The van der Waals surface area contributed by atoms with Gasteiger partial charge in [0.2, 0.25) is 0 Å². The summed E-state index contributed by atoms with van der Waals surface area (Å²) in [5, 5.41) is 0. The van der Waals surface area contributed by atoms with E-state index in [1.807, 2.05) is 0 Å². The maximum Gasteiger partial charge on any atom is 0.352 e. The van der Waals surface area contributed by atoms with Gasteiger partial charge in [-0.05, 0) is 35.8 Å². The molecule has 6 aliphatic rings. The van der Waals surface area contributed by atoms with Crippen molar-refractivity contribution in [1.82, 2.24) is 13.9 Å². The van der Waals surface area contributed by atoms with Crippen LogP contribution >= 0.6 is 0 Å². The molecule has 2 aromatic rings. The van der Waals surface area contributed by atoms with Crippen LogP contribution in [0.1, 0.15) is 12.1 Å². The van der Waals surface area contributed by atoms with Gasteiger partial charge in [0.05, 0.1) is 43.5 Å². The topological polar surface area (TPSA) is 136 Å². The fraction of sp³-hybridized carbons (Fsp3) is 0.600. The van der Waals surface area contributed by atoms with E-state index in [0.717, 1.165) is 17.1 Å². The summed E-state index contributed by atoms with van der Waals surface area (Å²) in [5.74, 6) is 0.427. The molecule has 8 rings (SSSR count). The largest absolute Gasteiger partial charge is 0.352 e. The van der Waals surface area contributed by atoms with Crippen LogP contribution in [0.4, 0.5) is 0 Å². The lowest BCUT2D eigenvalue weighted by molar-refractivity contribution is -0.0383. The minimum Gasteiger partial charge on any atom is -0.270 e.